The van der Waals surface area contributed by atoms with Crippen LogP contribution >= 0.6 is 11.6 Å². The molecule has 0 aliphatic heterocycles. The van der Waals surface area contributed by atoms with E-state index in [1.807, 2.05) is 31.2 Å². The highest BCUT2D eigenvalue weighted by atomic mass is 35.5. The summed E-state index contributed by atoms with van der Waals surface area (Å²) in [5.41, 5.74) is 1.71. The molecule has 2 rings (SSSR count). The number of hydrogen-bond acceptors (Lipinski definition) is 2. The van der Waals surface area contributed by atoms with Crippen molar-refractivity contribution in [1.29, 1.82) is 5.26 Å². The molecular weight excluding hydrogens is 246 g/mol. The van der Waals surface area contributed by atoms with Crippen molar-refractivity contribution in [3.63, 3.8) is 0 Å². The van der Waals surface area contributed by atoms with E-state index in [0.29, 0.717) is 5.56 Å². The minimum Gasteiger partial charge on any atom is -0.267 e. The number of benzene rings is 1. The fourth-order valence-electron chi connectivity index (χ4n) is 1.70. The maximum atomic E-state index is 9.01. The van der Waals surface area contributed by atoms with Crippen molar-refractivity contribution in [3.05, 3.63) is 58.7 Å². The van der Waals surface area contributed by atoms with Crippen LogP contribution in [-0.4, -0.2) is 0 Å². The van der Waals surface area contributed by atoms with E-state index in [4.69, 9.17) is 16.9 Å². The van der Waals surface area contributed by atoms with Gasteiger partial charge >= 0.3 is 0 Å². The number of nitriles is 1. The van der Waals surface area contributed by atoms with Gasteiger partial charge in [0.1, 0.15) is 17.7 Å². The molecule has 0 radical (unpaired) electrons. The van der Waals surface area contributed by atoms with Crippen LogP contribution in [0.5, 0.6) is 0 Å². The molecule has 0 saturated carbocycles. The molecular formula is C14H13ClN3+. The number of pyridine rings is 1. The van der Waals surface area contributed by atoms with Crippen LogP contribution in [0, 0.1) is 11.3 Å². The van der Waals surface area contributed by atoms with Gasteiger partial charge in [-0.25, -0.2) is 4.98 Å². The number of nitrogens with one attached hydrogen (secondary N) is 2. The summed E-state index contributed by atoms with van der Waals surface area (Å²) in [5, 5.41) is 13.0. The van der Waals surface area contributed by atoms with Crippen LogP contribution < -0.4 is 10.3 Å². The second-order valence-corrected chi connectivity index (χ2v) is 4.42. The number of aromatic amines is 1. The Hall–Kier alpha value is -2.05. The van der Waals surface area contributed by atoms with Gasteiger partial charge in [0.15, 0.2) is 0 Å². The zero-order valence-electron chi connectivity index (χ0n) is 9.94. The van der Waals surface area contributed by atoms with Crippen molar-refractivity contribution in [3.8, 4) is 6.07 Å². The van der Waals surface area contributed by atoms with Crippen molar-refractivity contribution < 1.29 is 4.98 Å². The van der Waals surface area contributed by atoms with Crippen LogP contribution in [0.4, 0.5) is 5.82 Å². The molecule has 2 aromatic rings. The Morgan fingerprint density at radius 2 is 2.00 bits per heavy atom. The first-order valence-electron chi connectivity index (χ1n) is 5.63. The summed E-state index contributed by atoms with van der Waals surface area (Å²) >= 11 is 5.85. The number of hydrogen-bond donors (Lipinski definition) is 1. The van der Waals surface area contributed by atoms with Crippen molar-refractivity contribution in [2.24, 2.45) is 0 Å². The van der Waals surface area contributed by atoms with Gasteiger partial charge in [0, 0.05) is 5.02 Å². The molecule has 0 amide bonds. The summed E-state index contributed by atoms with van der Waals surface area (Å²) in [6, 6.07) is 13.5. The Bertz CT molecular complexity index is 572. The minimum atomic E-state index is 0.0908. The number of H-pyrrole nitrogens is 1. The van der Waals surface area contributed by atoms with Crippen LogP contribution in [-0.2, 0) is 0 Å². The number of aromatic nitrogens is 1. The van der Waals surface area contributed by atoms with E-state index >= 15 is 0 Å². The predicted octanol–water partition coefficient (Wildman–Crippen LogP) is 3.20. The van der Waals surface area contributed by atoms with E-state index in [0.717, 1.165) is 16.4 Å². The molecule has 1 atom stereocenters. The molecule has 4 heteroatoms. The van der Waals surface area contributed by atoms with E-state index in [9.17, 15) is 0 Å². The van der Waals surface area contributed by atoms with E-state index in [1.54, 1.807) is 18.3 Å². The Labute approximate surface area is 111 Å². The van der Waals surface area contributed by atoms with Gasteiger partial charge in [-0.1, -0.05) is 23.7 Å². The van der Waals surface area contributed by atoms with E-state index in [1.165, 1.54) is 0 Å². The Morgan fingerprint density at radius 1 is 1.28 bits per heavy atom. The van der Waals surface area contributed by atoms with Crippen LogP contribution in [0.15, 0.2) is 42.6 Å². The quantitative estimate of drug-likeness (QED) is 0.919. The molecule has 0 saturated heterocycles. The highest BCUT2D eigenvalue weighted by molar-refractivity contribution is 6.30. The van der Waals surface area contributed by atoms with Crippen LogP contribution in [0.1, 0.15) is 24.1 Å². The normalized spacial score (nSPS) is 11.6. The summed E-state index contributed by atoms with van der Waals surface area (Å²) < 4.78 is 0. The summed E-state index contributed by atoms with van der Waals surface area (Å²) in [4.78, 5) is 3.04. The lowest BCUT2D eigenvalue weighted by Crippen LogP contribution is -2.17. The maximum Gasteiger partial charge on any atom is 0.290 e. The van der Waals surface area contributed by atoms with Gasteiger partial charge in [0.05, 0.1) is 6.20 Å². The van der Waals surface area contributed by atoms with Crippen LogP contribution in [0.3, 0.4) is 0 Å². The second kappa shape index (κ2) is 5.52. The fraction of sp³-hybridized carbons (Fsp3) is 0.143. The van der Waals surface area contributed by atoms with Gasteiger partial charge in [0.2, 0.25) is 0 Å². The molecule has 0 bridgehead atoms. The van der Waals surface area contributed by atoms with Crippen molar-refractivity contribution in [2.75, 3.05) is 5.32 Å². The van der Waals surface area contributed by atoms with Gasteiger partial charge in [-0.15, -0.1) is 0 Å². The molecule has 0 aliphatic carbocycles. The zero-order chi connectivity index (χ0) is 13.0. The van der Waals surface area contributed by atoms with Crippen molar-refractivity contribution in [2.45, 2.75) is 13.0 Å². The number of anilines is 1. The summed E-state index contributed by atoms with van der Waals surface area (Å²) in [7, 11) is 0. The Morgan fingerprint density at radius 3 is 2.67 bits per heavy atom. The van der Waals surface area contributed by atoms with Gasteiger partial charge in [-0.3, -0.25) is 5.32 Å². The molecule has 0 fully saturated rings. The molecule has 0 aliphatic rings. The van der Waals surface area contributed by atoms with Crippen LogP contribution in [0.25, 0.3) is 0 Å². The topological polar surface area (TPSA) is 50.0 Å². The Balaban J connectivity index is 2.19. The summed E-state index contributed by atoms with van der Waals surface area (Å²) in [5.74, 6) is 0.724. The monoisotopic (exact) mass is 258 g/mol. The fourth-order valence-corrected chi connectivity index (χ4v) is 1.83. The molecule has 0 unspecified atom stereocenters. The highest BCUT2D eigenvalue weighted by Crippen LogP contribution is 2.20. The van der Waals surface area contributed by atoms with Gasteiger partial charge in [-0.05, 0) is 36.8 Å². The molecule has 90 valence electrons. The molecule has 1 heterocycles. The second-order valence-electron chi connectivity index (χ2n) is 3.99. The lowest BCUT2D eigenvalue weighted by Gasteiger charge is -2.09. The third-order valence-corrected chi connectivity index (χ3v) is 2.96. The Kier molecular flexibility index (Phi) is 3.81. The number of rotatable bonds is 3. The van der Waals surface area contributed by atoms with E-state index < -0.39 is 0 Å². The average Bonchev–Trinajstić information content (AvgIpc) is 2.40. The molecule has 2 N–H and O–H groups in total. The molecule has 3 nitrogen and oxygen atoms in total. The summed E-state index contributed by atoms with van der Waals surface area (Å²) in [6.07, 6.45) is 1.79. The highest BCUT2D eigenvalue weighted by Gasteiger charge is 2.14. The number of nitrogens with zero attached hydrogens (tertiary/aromatic N) is 1. The van der Waals surface area contributed by atoms with Gasteiger partial charge < -0.3 is 0 Å². The van der Waals surface area contributed by atoms with Crippen molar-refractivity contribution >= 4 is 17.4 Å². The third kappa shape index (κ3) is 2.79. The van der Waals surface area contributed by atoms with Gasteiger partial charge in [-0.2, -0.15) is 5.26 Å². The molecule has 0 spiro atoms. The average molecular weight is 259 g/mol. The lowest BCUT2D eigenvalue weighted by molar-refractivity contribution is -0.361. The van der Waals surface area contributed by atoms with Gasteiger partial charge in [0.25, 0.3) is 5.82 Å². The molecule has 1 aromatic heterocycles. The summed E-state index contributed by atoms with van der Waals surface area (Å²) in [6.45, 7) is 2.03. The third-order valence-electron chi connectivity index (χ3n) is 2.71. The standard InChI is InChI=1S/C14H12ClN3/c1-10(11-4-6-13(15)7-5-11)18-14-12(9-16)3-2-8-17-14/h2-8,10H,1H3,(H,17,18)/p+1/t10-/m1/s1. The van der Waals surface area contributed by atoms with Crippen molar-refractivity contribution in [1.82, 2.24) is 0 Å². The zero-order valence-corrected chi connectivity index (χ0v) is 10.7. The molecule has 1 aromatic carbocycles. The first kappa shape index (κ1) is 12.4. The maximum absolute atomic E-state index is 9.01. The van der Waals surface area contributed by atoms with E-state index in [-0.39, 0.29) is 6.04 Å². The first-order valence-corrected chi connectivity index (χ1v) is 6.01. The minimum absolute atomic E-state index is 0.0908. The van der Waals surface area contributed by atoms with E-state index in [2.05, 4.69) is 16.4 Å². The van der Waals surface area contributed by atoms with Crippen LogP contribution in [0.2, 0.25) is 5.02 Å². The smallest absolute Gasteiger partial charge is 0.267 e. The first-order chi connectivity index (χ1) is 8.70. The predicted molar refractivity (Wildman–Crippen MR) is 71.2 cm³/mol. The largest absolute Gasteiger partial charge is 0.290 e. The molecule has 18 heavy (non-hydrogen) atoms. The SMILES string of the molecule is C[C@@H](Nc1[nH+]cccc1C#N)c1ccc(Cl)cc1. The lowest BCUT2D eigenvalue weighted by atomic mass is 10.1. The number of halogens is 1.